The maximum atomic E-state index is 12.0. The molecule has 0 atom stereocenters. The van der Waals surface area contributed by atoms with E-state index in [4.69, 9.17) is 10.5 Å². The van der Waals surface area contributed by atoms with Crippen molar-refractivity contribution in [1.82, 2.24) is 14.8 Å². The second-order valence-electron chi connectivity index (χ2n) is 4.92. The van der Waals surface area contributed by atoms with Gasteiger partial charge >= 0.3 is 5.97 Å². The van der Waals surface area contributed by atoms with Crippen molar-refractivity contribution in [2.24, 2.45) is 0 Å². The number of nitrogens with two attached hydrogens (primary N) is 1. The molecular formula is C14H18N4O2. The third kappa shape index (κ3) is 3.14. The molecule has 0 aliphatic rings. The summed E-state index contributed by atoms with van der Waals surface area (Å²) >= 11 is 0. The van der Waals surface area contributed by atoms with Gasteiger partial charge in [0.05, 0.1) is 5.56 Å². The largest absolute Gasteiger partial charge is 0.454 e. The van der Waals surface area contributed by atoms with Crippen LogP contribution in [0.1, 0.15) is 41.6 Å². The van der Waals surface area contributed by atoms with Gasteiger partial charge in [-0.15, -0.1) is 0 Å². The van der Waals surface area contributed by atoms with Gasteiger partial charge in [0, 0.05) is 11.7 Å². The Morgan fingerprint density at radius 2 is 2.15 bits per heavy atom. The highest BCUT2D eigenvalue weighted by molar-refractivity contribution is 5.90. The third-order valence-electron chi connectivity index (χ3n) is 2.80. The van der Waals surface area contributed by atoms with Crippen molar-refractivity contribution >= 4 is 11.7 Å². The molecule has 1 heterocycles. The lowest BCUT2D eigenvalue weighted by atomic mass is 10.1. The number of aromatic nitrogens is 3. The lowest BCUT2D eigenvalue weighted by Gasteiger charge is -2.10. The van der Waals surface area contributed by atoms with E-state index in [0.29, 0.717) is 17.1 Å². The van der Waals surface area contributed by atoms with E-state index >= 15 is 0 Å². The fourth-order valence-corrected chi connectivity index (χ4v) is 1.95. The molecule has 0 spiro atoms. The molecule has 106 valence electrons. The van der Waals surface area contributed by atoms with Gasteiger partial charge in [0.1, 0.15) is 6.33 Å². The molecular weight excluding hydrogens is 256 g/mol. The summed E-state index contributed by atoms with van der Waals surface area (Å²) in [6.45, 7) is 5.94. The van der Waals surface area contributed by atoms with E-state index in [1.165, 1.54) is 6.33 Å². The maximum Gasteiger partial charge on any atom is 0.338 e. The van der Waals surface area contributed by atoms with Gasteiger partial charge in [-0.1, -0.05) is 0 Å². The van der Waals surface area contributed by atoms with Gasteiger partial charge in [-0.25, -0.2) is 14.5 Å². The summed E-state index contributed by atoms with van der Waals surface area (Å²) < 4.78 is 6.98. The van der Waals surface area contributed by atoms with Crippen LogP contribution in [0.4, 0.5) is 5.69 Å². The van der Waals surface area contributed by atoms with Crippen LogP contribution < -0.4 is 5.73 Å². The highest BCUT2D eigenvalue weighted by Gasteiger charge is 2.12. The van der Waals surface area contributed by atoms with Gasteiger partial charge < -0.3 is 10.5 Å². The second-order valence-corrected chi connectivity index (χ2v) is 4.92. The molecule has 0 unspecified atom stereocenters. The fourth-order valence-electron chi connectivity index (χ4n) is 1.95. The number of rotatable bonds is 4. The number of aryl methyl sites for hydroxylation is 1. The molecule has 1 aromatic heterocycles. The van der Waals surface area contributed by atoms with Gasteiger partial charge in [-0.3, -0.25) is 0 Å². The first kappa shape index (κ1) is 14.0. The number of ether oxygens (including phenoxy) is 1. The lowest BCUT2D eigenvalue weighted by molar-refractivity contribution is 0.0455. The molecule has 0 aliphatic heterocycles. The number of carbonyl (C=O) groups is 1. The van der Waals surface area contributed by atoms with Crippen molar-refractivity contribution in [3.63, 3.8) is 0 Å². The first-order valence-corrected chi connectivity index (χ1v) is 6.40. The summed E-state index contributed by atoms with van der Waals surface area (Å²) in [5, 5.41) is 4.09. The molecule has 0 saturated heterocycles. The SMILES string of the molecule is Cc1cc(N)cc(C(=O)OCc2ncnn2C(C)C)c1. The smallest absolute Gasteiger partial charge is 0.338 e. The van der Waals surface area contributed by atoms with Gasteiger partial charge in [0.2, 0.25) is 0 Å². The Balaban J connectivity index is 2.07. The average Bonchev–Trinajstić information content (AvgIpc) is 2.83. The van der Waals surface area contributed by atoms with Crippen LogP contribution in [0.25, 0.3) is 0 Å². The minimum atomic E-state index is -0.418. The number of anilines is 1. The molecule has 0 saturated carbocycles. The van der Waals surface area contributed by atoms with Crippen molar-refractivity contribution in [1.29, 1.82) is 0 Å². The van der Waals surface area contributed by atoms with E-state index in [0.717, 1.165) is 5.56 Å². The molecule has 0 fully saturated rings. The van der Waals surface area contributed by atoms with E-state index in [1.54, 1.807) is 22.9 Å². The van der Waals surface area contributed by atoms with E-state index in [2.05, 4.69) is 10.1 Å². The Labute approximate surface area is 117 Å². The molecule has 0 bridgehead atoms. The predicted molar refractivity (Wildman–Crippen MR) is 75.1 cm³/mol. The summed E-state index contributed by atoms with van der Waals surface area (Å²) in [5.41, 5.74) is 7.62. The van der Waals surface area contributed by atoms with Crippen LogP contribution in [0, 0.1) is 6.92 Å². The van der Waals surface area contributed by atoms with Crippen LogP contribution in [-0.4, -0.2) is 20.7 Å². The molecule has 6 nitrogen and oxygen atoms in total. The number of carbonyl (C=O) groups excluding carboxylic acids is 1. The lowest BCUT2D eigenvalue weighted by Crippen LogP contribution is -2.12. The minimum Gasteiger partial charge on any atom is -0.454 e. The number of nitrogens with zero attached hydrogens (tertiary/aromatic N) is 3. The van der Waals surface area contributed by atoms with Gasteiger partial charge in [0.25, 0.3) is 0 Å². The first-order valence-electron chi connectivity index (χ1n) is 6.40. The Morgan fingerprint density at radius 1 is 1.40 bits per heavy atom. The Bertz CT molecular complexity index is 599. The molecule has 0 aliphatic carbocycles. The monoisotopic (exact) mass is 274 g/mol. The minimum absolute atomic E-state index is 0.0882. The molecule has 2 rings (SSSR count). The van der Waals surface area contributed by atoms with Gasteiger partial charge in [-0.05, 0) is 44.5 Å². The van der Waals surface area contributed by atoms with E-state index in [1.807, 2.05) is 20.8 Å². The first-order chi connectivity index (χ1) is 9.47. The summed E-state index contributed by atoms with van der Waals surface area (Å²) in [7, 11) is 0. The van der Waals surface area contributed by atoms with Crippen molar-refractivity contribution < 1.29 is 9.53 Å². The molecule has 0 amide bonds. The van der Waals surface area contributed by atoms with Crippen LogP contribution in [0.15, 0.2) is 24.5 Å². The molecule has 0 radical (unpaired) electrons. The van der Waals surface area contributed by atoms with E-state index in [-0.39, 0.29) is 12.6 Å². The number of benzene rings is 1. The zero-order chi connectivity index (χ0) is 14.7. The number of nitrogen functional groups attached to an aromatic ring is 1. The van der Waals surface area contributed by atoms with Crippen molar-refractivity contribution in [3.05, 3.63) is 41.5 Å². The Morgan fingerprint density at radius 3 is 2.80 bits per heavy atom. The number of esters is 1. The highest BCUT2D eigenvalue weighted by Crippen LogP contribution is 2.13. The topological polar surface area (TPSA) is 83.0 Å². The maximum absolute atomic E-state index is 12.0. The predicted octanol–water partition coefficient (Wildman–Crippen LogP) is 2.11. The van der Waals surface area contributed by atoms with Gasteiger partial charge in [-0.2, -0.15) is 5.10 Å². The van der Waals surface area contributed by atoms with Crippen LogP contribution in [0.3, 0.4) is 0 Å². The molecule has 2 aromatic rings. The van der Waals surface area contributed by atoms with E-state index < -0.39 is 5.97 Å². The quantitative estimate of drug-likeness (QED) is 0.682. The summed E-state index contributed by atoms with van der Waals surface area (Å²) in [5.74, 6) is 0.202. The number of hydrogen-bond acceptors (Lipinski definition) is 5. The molecule has 2 N–H and O–H groups in total. The van der Waals surface area contributed by atoms with Crippen LogP contribution in [0.2, 0.25) is 0 Å². The molecule has 20 heavy (non-hydrogen) atoms. The molecule has 1 aromatic carbocycles. The standard InChI is InChI=1S/C14H18N4O2/c1-9(2)18-13(16-8-17-18)7-20-14(19)11-4-10(3)5-12(15)6-11/h4-6,8-9H,7,15H2,1-3H3. The normalized spacial score (nSPS) is 10.8. The molecule has 6 heteroatoms. The number of hydrogen-bond donors (Lipinski definition) is 1. The zero-order valence-corrected chi connectivity index (χ0v) is 11.8. The average molecular weight is 274 g/mol. The Hall–Kier alpha value is -2.37. The van der Waals surface area contributed by atoms with Crippen molar-refractivity contribution in [3.8, 4) is 0 Å². The third-order valence-corrected chi connectivity index (χ3v) is 2.80. The second kappa shape index (κ2) is 5.73. The van der Waals surface area contributed by atoms with Crippen LogP contribution >= 0.6 is 0 Å². The summed E-state index contributed by atoms with van der Waals surface area (Å²) in [6, 6.07) is 5.31. The van der Waals surface area contributed by atoms with Gasteiger partial charge in [0.15, 0.2) is 12.4 Å². The van der Waals surface area contributed by atoms with E-state index in [9.17, 15) is 4.79 Å². The van der Waals surface area contributed by atoms with Crippen LogP contribution in [0.5, 0.6) is 0 Å². The summed E-state index contributed by atoms with van der Waals surface area (Å²) in [6.07, 6.45) is 1.45. The van der Waals surface area contributed by atoms with Crippen molar-refractivity contribution in [2.75, 3.05) is 5.73 Å². The van der Waals surface area contributed by atoms with Crippen LogP contribution in [-0.2, 0) is 11.3 Å². The Kier molecular flexibility index (Phi) is 4.02. The fraction of sp³-hybridized carbons (Fsp3) is 0.357. The highest BCUT2D eigenvalue weighted by atomic mass is 16.5. The zero-order valence-electron chi connectivity index (χ0n) is 11.8. The summed E-state index contributed by atoms with van der Waals surface area (Å²) in [4.78, 5) is 16.1. The van der Waals surface area contributed by atoms with Crippen molar-refractivity contribution in [2.45, 2.75) is 33.4 Å².